The summed E-state index contributed by atoms with van der Waals surface area (Å²) >= 11 is 0. The number of carbonyl (C=O) groups excluding carboxylic acids is 2. The molecule has 0 radical (unpaired) electrons. The van der Waals surface area contributed by atoms with E-state index in [2.05, 4.69) is 22.3 Å². The van der Waals surface area contributed by atoms with Gasteiger partial charge in [0.15, 0.2) is 0 Å². The maximum atomic E-state index is 12.2. The van der Waals surface area contributed by atoms with Gasteiger partial charge in [0.25, 0.3) is 0 Å². The van der Waals surface area contributed by atoms with Gasteiger partial charge in [0.2, 0.25) is 11.8 Å². The SMILES string of the molecule is CC(=O)N[C@H]1C[C@H]2CCC(=O)N2[C@H](Cc2ccccc2)C1. The van der Waals surface area contributed by atoms with Crippen molar-refractivity contribution < 1.29 is 9.59 Å². The molecule has 0 saturated carbocycles. The average Bonchev–Trinajstić information content (AvgIpc) is 2.81. The summed E-state index contributed by atoms with van der Waals surface area (Å²) in [5, 5.41) is 3.05. The molecule has 1 aromatic carbocycles. The number of carbonyl (C=O) groups is 2. The lowest BCUT2D eigenvalue weighted by molar-refractivity contribution is -0.133. The molecule has 0 bridgehead atoms. The lowest BCUT2D eigenvalue weighted by Gasteiger charge is -2.42. The molecule has 3 rings (SSSR count). The number of benzene rings is 1. The van der Waals surface area contributed by atoms with Crippen LogP contribution in [0.3, 0.4) is 0 Å². The smallest absolute Gasteiger partial charge is 0.223 e. The van der Waals surface area contributed by atoms with E-state index in [0.29, 0.717) is 12.5 Å². The maximum absolute atomic E-state index is 12.2. The van der Waals surface area contributed by atoms with Gasteiger partial charge >= 0.3 is 0 Å². The molecule has 2 aliphatic heterocycles. The third-order valence-corrected chi connectivity index (χ3v) is 4.60. The fourth-order valence-electron chi connectivity index (χ4n) is 3.83. The normalized spacial score (nSPS) is 28.3. The van der Waals surface area contributed by atoms with Crippen LogP contribution in [0.25, 0.3) is 0 Å². The largest absolute Gasteiger partial charge is 0.353 e. The minimum Gasteiger partial charge on any atom is -0.353 e. The third-order valence-electron chi connectivity index (χ3n) is 4.60. The molecule has 3 atom stereocenters. The fraction of sp³-hybridized carbons (Fsp3) is 0.529. The predicted octanol–water partition coefficient (Wildman–Crippen LogP) is 1.89. The van der Waals surface area contributed by atoms with Gasteiger partial charge in [-0.05, 0) is 31.2 Å². The first-order valence-corrected chi connectivity index (χ1v) is 7.75. The molecule has 1 N–H and O–H groups in total. The van der Waals surface area contributed by atoms with Gasteiger partial charge in [-0.3, -0.25) is 9.59 Å². The Labute approximate surface area is 125 Å². The van der Waals surface area contributed by atoms with E-state index in [-0.39, 0.29) is 23.9 Å². The lowest BCUT2D eigenvalue weighted by Crippen LogP contribution is -2.54. The van der Waals surface area contributed by atoms with Crippen LogP contribution in [0.2, 0.25) is 0 Å². The molecule has 112 valence electrons. The summed E-state index contributed by atoms with van der Waals surface area (Å²) in [6.07, 6.45) is 4.22. The molecule has 0 unspecified atom stereocenters. The van der Waals surface area contributed by atoms with Gasteiger partial charge < -0.3 is 10.2 Å². The lowest BCUT2D eigenvalue weighted by atomic mass is 9.88. The summed E-state index contributed by atoms with van der Waals surface area (Å²) in [7, 11) is 0. The van der Waals surface area contributed by atoms with Crippen molar-refractivity contribution in [2.45, 2.75) is 57.2 Å². The Morgan fingerprint density at radius 1 is 1.29 bits per heavy atom. The highest BCUT2D eigenvalue weighted by Crippen LogP contribution is 2.33. The number of hydrogen-bond acceptors (Lipinski definition) is 2. The molecule has 2 heterocycles. The van der Waals surface area contributed by atoms with Crippen LogP contribution in [0, 0.1) is 0 Å². The third kappa shape index (κ3) is 3.09. The van der Waals surface area contributed by atoms with E-state index >= 15 is 0 Å². The minimum absolute atomic E-state index is 0.0243. The van der Waals surface area contributed by atoms with Crippen LogP contribution in [-0.2, 0) is 16.0 Å². The molecule has 0 spiro atoms. The van der Waals surface area contributed by atoms with E-state index in [0.717, 1.165) is 25.7 Å². The summed E-state index contributed by atoms with van der Waals surface area (Å²) < 4.78 is 0. The van der Waals surface area contributed by atoms with Crippen molar-refractivity contribution in [3.05, 3.63) is 35.9 Å². The predicted molar refractivity (Wildman–Crippen MR) is 80.6 cm³/mol. The monoisotopic (exact) mass is 286 g/mol. The molecule has 21 heavy (non-hydrogen) atoms. The molecule has 2 saturated heterocycles. The van der Waals surface area contributed by atoms with Crippen molar-refractivity contribution in [1.82, 2.24) is 10.2 Å². The minimum atomic E-state index is 0.0243. The zero-order chi connectivity index (χ0) is 14.8. The second-order valence-electron chi connectivity index (χ2n) is 6.21. The molecule has 2 fully saturated rings. The highest BCUT2D eigenvalue weighted by Gasteiger charge is 2.42. The van der Waals surface area contributed by atoms with Crippen molar-refractivity contribution in [1.29, 1.82) is 0 Å². The number of amides is 2. The van der Waals surface area contributed by atoms with E-state index in [1.165, 1.54) is 5.56 Å². The summed E-state index contributed by atoms with van der Waals surface area (Å²) in [4.78, 5) is 25.6. The van der Waals surface area contributed by atoms with E-state index in [1.54, 1.807) is 6.92 Å². The van der Waals surface area contributed by atoms with E-state index < -0.39 is 0 Å². The Hall–Kier alpha value is -1.84. The van der Waals surface area contributed by atoms with Gasteiger partial charge in [-0.1, -0.05) is 30.3 Å². The molecular weight excluding hydrogens is 264 g/mol. The average molecular weight is 286 g/mol. The van der Waals surface area contributed by atoms with E-state index in [4.69, 9.17) is 0 Å². The van der Waals surface area contributed by atoms with Crippen LogP contribution < -0.4 is 5.32 Å². The Morgan fingerprint density at radius 3 is 2.76 bits per heavy atom. The second-order valence-corrected chi connectivity index (χ2v) is 6.21. The van der Waals surface area contributed by atoms with Gasteiger partial charge in [-0.15, -0.1) is 0 Å². The zero-order valence-electron chi connectivity index (χ0n) is 12.4. The van der Waals surface area contributed by atoms with Crippen molar-refractivity contribution in [3.8, 4) is 0 Å². The molecule has 0 aromatic heterocycles. The first-order chi connectivity index (χ1) is 10.1. The summed E-state index contributed by atoms with van der Waals surface area (Å²) in [6, 6.07) is 11.0. The van der Waals surface area contributed by atoms with Crippen molar-refractivity contribution >= 4 is 11.8 Å². The number of hydrogen-bond donors (Lipinski definition) is 1. The van der Waals surface area contributed by atoms with Gasteiger partial charge in [-0.2, -0.15) is 0 Å². The number of nitrogens with zero attached hydrogens (tertiary/aromatic N) is 1. The van der Waals surface area contributed by atoms with Crippen LogP contribution in [0.5, 0.6) is 0 Å². The molecule has 1 aromatic rings. The molecular formula is C17H22N2O2. The molecule has 4 nitrogen and oxygen atoms in total. The number of piperidine rings is 1. The molecule has 2 amide bonds. The Kier molecular flexibility index (Phi) is 3.95. The standard InChI is InChI=1S/C17H22N2O2/c1-12(20)18-14-10-15-7-8-17(21)19(15)16(11-14)9-13-5-3-2-4-6-13/h2-6,14-16H,7-11H2,1H3,(H,18,20)/t14-,15+,16+/m0/s1. The van der Waals surface area contributed by atoms with Gasteiger partial charge in [0, 0.05) is 31.5 Å². The van der Waals surface area contributed by atoms with Crippen molar-refractivity contribution in [2.75, 3.05) is 0 Å². The maximum Gasteiger partial charge on any atom is 0.223 e. The molecule has 4 heteroatoms. The van der Waals surface area contributed by atoms with Gasteiger partial charge in [0.05, 0.1) is 0 Å². The summed E-state index contributed by atoms with van der Waals surface area (Å²) in [5.74, 6) is 0.304. The van der Waals surface area contributed by atoms with E-state index in [9.17, 15) is 9.59 Å². The number of nitrogens with one attached hydrogen (secondary N) is 1. The van der Waals surface area contributed by atoms with Gasteiger partial charge in [0.1, 0.15) is 0 Å². The highest BCUT2D eigenvalue weighted by atomic mass is 16.2. The first kappa shape index (κ1) is 14.1. The van der Waals surface area contributed by atoms with E-state index in [1.807, 2.05) is 18.2 Å². The first-order valence-electron chi connectivity index (χ1n) is 7.75. The van der Waals surface area contributed by atoms with Crippen LogP contribution in [-0.4, -0.2) is 34.8 Å². The van der Waals surface area contributed by atoms with Crippen molar-refractivity contribution in [3.63, 3.8) is 0 Å². The summed E-state index contributed by atoms with van der Waals surface area (Å²) in [5.41, 5.74) is 1.25. The van der Waals surface area contributed by atoms with Crippen molar-refractivity contribution in [2.24, 2.45) is 0 Å². The quantitative estimate of drug-likeness (QED) is 0.922. The Morgan fingerprint density at radius 2 is 2.05 bits per heavy atom. The molecule has 2 aliphatic rings. The fourth-order valence-corrected chi connectivity index (χ4v) is 3.83. The van der Waals surface area contributed by atoms with Crippen LogP contribution in [0.15, 0.2) is 30.3 Å². The van der Waals surface area contributed by atoms with Crippen LogP contribution in [0.1, 0.15) is 38.2 Å². The van der Waals surface area contributed by atoms with Gasteiger partial charge in [-0.25, -0.2) is 0 Å². The number of fused-ring (bicyclic) bond motifs is 1. The Balaban J connectivity index is 1.77. The molecule has 0 aliphatic carbocycles. The second kappa shape index (κ2) is 5.88. The zero-order valence-corrected chi connectivity index (χ0v) is 12.4. The highest BCUT2D eigenvalue weighted by molar-refractivity contribution is 5.79. The topological polar surface area (TPSA) is 49.4 Å². The number of rotatable bonds is 3. The summed E-state index contributed by atoms with van der Waals surface area (Å²) in [6.45, 7) is 1.57. The van der Waals surface area contributed by atoms with Crippen LogP contribution in [0.4, 0.5) is 0 Å². The Bertz CT molecular complexity index is 529. The van der Waals surface area contributed by atoms with Crippen LogP contribution >= 0.6 is 0 Å².